The first-order valence-corrected chi connectivity index (χ1v) is 4.52. The molecule has 1 fully saturated rings. The fourth-order valence-corrected chi connectivity index (χ4v) is 1.82. The van der Waals surface area contributed by atoms with Crippen molar-refractivity contribution in [3.8, 4) is 0 Å². The van der Waals surface area contributed by atoms with Crippen LogP contribution in [0.3, 0.4) is 0 Å². The summed E-state index contributed by atoms with van der Waals surface area (Å²) in [5, 5.41) is 0. The van der Waals surface area contributed by atoms with E-state index in [9.17, 15) is 0 Å². The van der Waals surface area contributed by atoms with E-state index in [-0.39, 0.29) is 5.54 Å². The second kappa shape index (κ2) is 2.94. The van der Waals surface area contributed by atoms with Crippen LogP contribution in [0.4, 0.5) is 0 Å². The average molecular weight is 165 g/mol. The Morgan fingerprint density at radius 2 is 2.08 bits per heavy atom. The molecule has 1 unspecified atom stereocenters. The van der Waals surface area contributed by atoms with Crippen molar-refractivity contribution in [1.29, 1.82) is 0 Å². The van der Waals surface area contributed by atoms with Crippen LogP contribution in [-0.4, -0.2) is 17.8 Å². The van der Waals surface area contributed by atoms with Crippen LogP contribution >= 0.6 is 0 Å². The third kappa shape index (κ3) is 1.27. The van der Waals surface area contributed by atoms with Crippen LogP contribution in [0.2, 0.25) is 0 Å². The maximum atomic E-state index is 5.49. The minimum atomic E-state index is 0.196. The molecule has 2 heterocycles. The SMILES string of the molecule is CC1(n2cccc2)CCCOC1. The molecule has 0 aliphatic carbocycles. The Balaban J connectivity index is 2.19. The molecule has 1 aromatic rings. The molecule has 1 atom stereocenters. The van der Waals surface area contributed by atoms with Gasteiger partial charge in [0.1, 0.15) is 0 Å². The van der Waals surface area contributed by atoms with E-state index in [0.29, 0.717) is 0 Å². The van der Waals surface area contributed by atoms with Gasteiger partial charge in [-0.2, -0.15) is 0 Å². The highest BCUT2D eigenvalue weighted by Crippen LogP contribution is 2.26. The number of rotatable bonds is 1. The summed E-state index contributed by atoms with van der Waals surface area (Å²) in [6.45, 7) is 4.03. The molecular formula is C10H15NO. The molecule has 0 spiro atoms. The van der Waals surface area contributed by atoms with Gasteiger partial charge in [0.25, 0.3) is 0 Å². The van der Waals surface area contributed by atoms with Crippen molar-refractivity contribution in [2.75, 3.05) is 13.2 Å². The summed E-state index contributed by atoms with van der Waals surface area (Å²) in [6, 6.07) is 4.14. The van der Waals surface area contributed by atoms with Crippen LogP contribution in [0.25, 0.3) is 0 Å². The predicted octanol–water partition coefficient (Wildman–Crippen LogP) is 2.01. The fraction of sp³-hybridized carbons (Fsp3) is 0.600. The lowest BCUT2D eigenvalue weighted by Crippen LogP contribution is -2.38. The average Bonchev–Trinajstić information content (AvgIpc) is 2.58. The smallest absolute Gasteiger partial charge is 0.0699 e. The normalized spacial score (nSPS) is 30.4. The maximum Gasteiger partial charge on any atom is 0.0699 e. The van der Waals surface area contributed by atoms with Crippen molar-refractivity contribution in [2.24, 2.45) is 0 Å². The van der Waals surface area contributed by atoms with Gasteiger partial charge in [-0.05, 0) is 31.9 Å². The van der Waals surface area contributed by atoms with Crippen molar-refractivity contribution < 1.29 is 4.74 Å². The van der Waals surface area contributed by atoms with Gasteiger partial charge < -0.3 is 9.30 Å². The Morgan fingerprint density at radius 3 is 2.67 bits per heavy atom. The molecule has 1 aliphatic heterocycles. The highest BCUT2D eigenvalue weighted by molar-refractivity contribution is 4.98. The summed E-state index contributed by atoms with van der Waals surface area (Å²) in [5.74, 6) is 0. The molecule has 0 saturated carbocycles. The van der Waals surface area contributed by atoms with E-state index in [0.717, 1.165) is 13.2 Å². The van der Waals surface area contributed by atoms with E-state index in [4.69, 9.17) is 4.74 Å². The molecule has 0 radical (unpaired) electrons. The molecule has 1 aromatic heterocycles. The maximum absolute atomic E-state index is 5.49. The first-order valence-electron chi connectivity index (χ1n) is 4.52. The second-order valence-corrected chi connectivity index (χ2v) is 3.74. The topological polar surface area (TPSA) is 14.2 Å². The molecule has 1 aliphatic rings. The zero-order valence-electron chi connectivity index (χ0n) is 7.49. The molecule has 0 bridgehead atoms. The summed E-state index contributed by atoms with van der Waals surface area (Å²) in [7, 11) is 0. The van der Waals surface area contributed by atoms with Crippen LogP contribution < -0.4 is 0 Å². The lowest BCUT2D eigenvalue weighted by atomic mass is 9.95. The van der Waals surface area contributed by atoms with Gasteiger partial charge in [0.2, 0.25) is 0 Å². The molecule has 2 heteroatoms. The van der Waals surface area contributed by atoms with Crippen LogP contribution in [0.1, 0.15) is 19.8 Å². The lowest BCUT2D eigenvalue weighted by molar-refractivity contribution is 0.00970. The molecule has 12 heavy (non-hydrogen) atoms. The monoisotopic (exact) mass is 165 g/mol. The lowest BCUT2D eigenvalue weighted by Gasteiger charge is -2.35. The largest absolute Gasteiger partial charge is 0.379 e. The second-order valence-electron chi connectivity index (χ2n) is 3.74. The number of ether oxygens (including phenoxy) is 1. The first kappa shape index (κ1) is 7.87. The third-order valence-electron chi connectivity index (χ3n) is 2.64. The molecule has 0 aromatic carbocycles. The molecule has 1 saturated heterocycles. The van der Waals surface area contributed by atoms with Crippen molar-refractivity contribution in [1.82, 2.24) is 4.57 Å². The van der Waals surface area contributed by atoms with E-state index < -0.39 is 0 Å². The van der Waals surface area contributed by atoms with Gasteiger partial charge in [-0.3, -0.25) is 0 Å². The van der Waals surface area contributed by atoms with E-state index in [1.54, 1.807) is 0 Å². The Morgan fingerprint density at radius 1 is 1.33 bits per heavy atom. The summed E-state index contributed by atoms with van der Waals surface area (Å²) >= 11 is 0. The molecule has 66 valence electrons. The van der Waals surface area contributed by atoms with Gasteiger partial charge >= 0.3 is 0 Å². The quantitative estimate of drug-likeness (QED) is 0.621. The summed E-state index contributed by atoms with van der Waals surface area (Å²) in [5.41, 5.74) is 0.196. The molecule has 2 rings (SSSR count). The summed E-state index contributed by atoms with van der Waals surface area (Å²) in [6.07, 6.45) is 6.64. The zero-order chi connectivity index (χ0) is 8.44. The Kier molecular flexibility index (Phi) is 1.93. The van der Waals surface area contributed by atoms with Gasteiger partial charge in [0.15, 0.2) is 0 Å². The van der Waals surface area contributed by atoms with Crippen LogP contribution in [-0.2, 0) is 10.3 Å². The van der Waals surface area contributed by atoms with E-state index in [2.05, 4.69) is 36.0 Å². The molecular weight excluding hydrogens is 150 g/mol. The number of hydrogen-bond acceptors (Lipinski definition) is 1. The van der Waals surface area contributed by atoms with Gasteiger partial charge in [-0.15, -0.1) is 0 Å². The molecule has 0 N–H and O–H groups in total. The van der Waals surface area contributed by atoms with Crippen molar-refractivity contribution in [2.45, 2.75) is 25.3 Å². The third-order valence-corrected chi connectivity index (χ3v) is 2.64. The van der Waals surface area contributed by atoms with Gasteiger partial charge in [0, 0.05) is 19.0 Å². The highest BCUT2D eigenvalue weighted by Gasteiger charge is 2.28. The van der Waals surface area contributed by atoms with Crippen molar-refractivity contribution in [3.05, 3.63) is 24.5 Å². The van der Waals surface area contributed by atoms with Crippen LogP contribution in [0, 0.1) is 0 Å². The van der Waals surface area contributed by atoms with Gasteiger partial charge in [-0.1, -0.05) is 0 Å². The number of hydrogen-bond donors (Lipinski definition) is 0. The number of nitrogens with zero attached hydrogens (tertiary/aromatic N) is 1. The Labute approximate surface area is 73.1 Å². The van der Waals surface area contributed by atoms with Gasteiger partial charge in [0.05, 0.1) is 12.1 Å². The molecule has 0 amide bonds. The predicted molar refractivity (Wildman–Crippen MR) is 48.1 cm³/mol. The standard InChI is InChI=1S/C10H15NO/c1-10(5-4-8-12-9-10)11-6-2-3-7-11/h2-3,6-7H,4-5,8-9H2,1H3. The van der Waals surface area contributed by atoms with Crippen LogP contribution in [0.15, 0.2) is 24.5 Å². The van der Waals surface area contributed by atoms with Gasteiger partial charge in [-0.25, -0.2) is 0 Å². The highest BCUT2D eigenvalue weighted by atomic mass is 16.5. The minimum absolute atomic E-state index is 0.196. The first-order chi connectivity index (χ1) is 5.81. The van der Waals surface area contributed by atoms with Crippen molar-refractivity contribution >= 4 is 0 Å². The fourth-order valence-electron chi connectivity index (χ4n) is 1.82. The minimum Gasteiger partial charge on any atom is -0.379 e. The van der Waals surface area contributed by atoms with Crippen LogP contribution in [0.5, 0.6) is 0 Å². The van der Waals surface area contributed by atoms with Crippen molar-refractivity contribution in [3.63, 3.8) is 0 Å². The summed E-state index contributed by atoms with van der Waals surface area (Å²) < 4.78 is 7.74. The van der Waals surface area contributed by atoms with E-state index in [1.807, 2.05) is 0 Å². The summed E-state index contributed by atoms with van der Waals surface area (Å²) in [4.78, 5) is 0. The zero-order valence-corrected chi connectivity index (χ0v) is 7.49. The number of aromatic nitrogens is 1. The van der Waals surface area contributed by atoms with E-state index >= 15 is 0 Å². The Hall–Kier alpha value is -0.760. The van der Waals surface area contributed by atoms with E-state index in [1.165, 1.54) is 12.8 Å². The molecule has 2 nitrogen and oxygen atoms in total. The Bertz CT molecular complexity index is 234.